The molecule has 2 heterocycles. The molecule has 12 heteroatoms. The van der Waals surface area contributed by atoms with Crippen LogP contribution in [0.3, 0.4) is 0 Å². The van der Waals surface area contributed by atoms with Crippen molar-refractivity contribution in [2.24, 2.45) is 0 Å². The zero-order valence-electron chi connectivity index (χ0n) is 16.2. The van der Waals surface area contributed by atoms with Crippen molar-refractivity contribution < 1.29 is 18.9 Å². The summed E-state index contributed by atoms with van der Waals surface area (Å²) in [6.07, 6.45) is -0.276. The molecule has 32 heavy (non-hydrogen) atoms. The van der Waals surface area contributed by atoms with Crippen molar-refractivity contribution in [2.75, 3.05) is 16.0 Å². The van der Waals surface area contributed by atoms with Crippen LogP contribution in [0.4, 0.5) is 33.2 Å². The van der Waals surface area contributed by atoms with E-state index in [0.29, 0.717) is 5.69 Å². The molecule has 0 fully saturated rings. The van der Waals surface area contributed by atoms with Gasteiger partial charge in [-0.2, -0.15) is 4.98 Å². The van der Waals surface area contributed by atoms with Crippen molar-refractivity contribution in [1.82, 2.24) is 9.97 Å². The van der Waals surface area contributed by atoms with Gasteiger partial charge < -0.3 is 16.0 Å². The lowest BCUT2D eigenvalue weighted by Crippen LogP contribution is -2.36. The molecule has 0 saturated carbocycles. The van der Waals surface area contributed by atoms with Gasteiger partial charge in [-0.3, -0.25) is 29.5 Å². The van der Waals surface area contributed by atoms with Crippen molar-refractivity contribution in [3.63, 3.8) is 0 Å². The van der Waals surface area contributed by atoms with E-state index in [9.17, 15) is 28.9 Å². The molecular weight excluding hydrogens is 423 g/mol. The maximum absolute atomic E-state index is 13.1. The predicted octanol–water partition coefficient (Wildman–Crippen LogP) is 2.63. The van der Waals surface area contributed by atoms with Gasteiger partial charge in [0.05, 0.1) is 16.4 Å². The minimum absolute atomic E-state index is 0.00270. The van der Waals surface area contributed by atoms with E-state index in [0.717, 1.165) is 0 Å². The molecule has 0 saturated heterocycles. The lowest BCUT2D eigenvalue weighted by atomic mass is 9.92. The van der Waals surface area contributed by atoms with E-state index in [-0.39, 0.29) is 35.1 Å². The average Bonchev–Trinajstić information content (AvgIpc) is 2.75. The highest BCUT2D eigenvalue weighted by Crippen LogP contribution is 2.30. The van der Waals surface area contributed by atoms with Crippen LogP contribution in [0.1, 0.15) is 17.9 Å². The summed E-state index contributed by atoms with van der Waals surface area (Å²) in [6, 6.07) is 10.5. The highest BCUT2D eigenvalue weighted by Gasteiger charge is 2.34. The number of aromatic amines is 1. The minimum atomic E-state index is -1.12. The molecule has 0 spiro atoms. The van der Waals surface area contributed by atoms with E-state index in [1.807, 2.05) is 0 Å². The van der Waals surface area contributed by atoms with Crippen molar-refractivity contribution in [3.8, 4) is 0 Å². The summed E-state index contributed by atoms with van der Waals surface area (Å²) in [4.78, 5) is 54.5. The summed E-state index contributed by atoms with van der Waals surface area (Å²) in [5.41, 5.74) is -0.0828. The molecule has 2 aromatic carbocycles. The van der Waals surface area contributed by atoms with E-state index in [1.54, 1.807) is 0 Å². The average molecular weight is 438 g/mol. The summed E-state index contributed by atoms with van der Waals surface area (Å²) < 4.78 is 13.1. The zero-order valence-corrected chi connectivity index (χ0v) is 16.2. The van der Waals surface area contributed by atoms with E-state index >= 15 is 0 Å². The van der Waals surface area contributed by atoms with E-state index in [2.05, 4.69) is 25.9 Å². The predicted molar refractivity (Wildman–Crippen MR) is 112 cm³/mol. The number of halogens is 1. The standard InChI is InChI=1S/C20H15FN6O5/c21-10-1-3-12(4-2-10)23-20-25-17-16(19(30)26-20)14(9-15(28)24-17)18(29)22-11-5-7-13(8-6-11)27(31)32/h1-8,14H,9H2,(H,22,29)(H3,23,24,25,26,28,30)/t14-/m0/s1. The van der Waals surface area contributed by atoms with Crippen LogP contribution in [0.2, 0.25) is 0 Å². The number of nitro groups is 1. The Morgan fingerprint density at radius 3 is 2.41 bits per heavy atom. The van der Waals surface area contributed by atoms with E-state index in [4.69, 9.17) is 0 Å². The first-order valence-corrected chi connectivity index (χ1v) is 9.32. The first-order chi connectivity index (χ1) is 15.3. The Hall–Kier alpha value is -4.61. The number of nitrogens with one attached hydrogen (secondary N) is 4. The number of anilines is 4. The number of nitrogens with zero attached hydrogens (tertiary/aromatic N) is 2. The van der Waals surface area contributed by atoms with E-state index < -0.39 is 34.0 Å². The number of non-ortho nitro benzene ring substituents is 1. The number of aromatic nitrogens is 2. The molecule has 162 valence electrons. The van der Waals surface area contributed by atoms with Gasteiger partial charge in [0.2, 0.25) is 17.8 Å². The largest absolute Gasteiger partial charge is 0.326 e. The summed E-state index contributed by atoms with van der Waals surface area (Å²) in [5, 5.41) is 18.6. The normalized spacial score (nSPS) is 14.8. The summed E-state index contributed by atoms with van der Waals surface area (Å²) >= 11 is 0. The topological polar surface area (TPSA) is 159 Å². The van der Waals surface area contributed by atoms with Gasteiger partial charge in [0, 0.05) is 29.9 Å². The number of benzene rings is 2. The van der Waals surface area contributed by atoms with Crippen molar-refractivity contribution in [2.45, 2.75) is 12.3 Å². The first-order valence-electron chi connectivity index (χ1n) is 9.32. The smallest absolute Gasteiger partial charge is 0.269 e. The summed E-state index contributed by atoms with van der Waals surface area (Å²) in [6.45, 7) is 0. The lowest BCUT2D eigenvalue weighted by molar-refractivity contribution is -0.384. The molecule has 3 aromatic rings. The number of nitro benzene ring substituents is 1. The lowest BCUT2D eigenvalue weighted by Gasteiger charge is -2.23. The Balaban J connectivity index is 1.59. The molecule has 1 aromatic heterocycles. The van der Waals surface area contributed by atoms with Crippen LogP contribution in [0.15, 0.2) is 53.3 Å². The highest BCUT2D eigenvalue weighted by atomic mass is 19.1. The molecule has 0 unspecified atom stereocenters. The fraction of sp³-hybridized carbons (Fsp3) is 0.100. The molecule has 0 radical (unpaired) electrons. The molecule has 2 amide bonds. The Labute approximate surface area is 178 Å². The summed E-state index contributed by atoms with van der Waals surface area (Å²) in [5.74, 6) is -2.77. The van der Waals surface area contributed by atoms with Crippen LogP contribution >= 0.6 is 0 Å². The third-order valence-electron chi connectivity index (χ3n) is 4.72. The molecule has 1 aliphatic heterocycles. The molecule has 0 bridgehead atoms. The number of carbonyl (C=O) groups excluding carboxylic acids is 2. The van der Waals surface area contributed by atoms with Crippen molar-refractivity contribution >= 4 is 40.6 Å². The minimum Gasteiger partial charge on any atom is -0.326 e. The third kappa shape index (κ3) is 4.28. The van der Waals surface area contributed by atoms with Gasteiger partial charge in [-0.25, -0.2) is 4.39 Å². The van der Waals surface area contributed by atoms with Crippen LogP contribution in [0.25, 0.3) is 0 Å². The SMILES string of the molecule is O=C1C[C@H](C(=O)Nc2ccc([N+](=O)[O-])cc2)c2c(nc(Nc3ccc(F)cc3)[nH]c2=O)N1. The van der Waals surface area contributed by atoms with Gasteiger partial charge in [-0.15, -0.1) is 0 Å². The fourth-order valence-electron chi connectivity index (χ4n) is 3.22. The molecule has 4 rings (SSSR count). The Kier molecular flexibility index (Phi) is 5.33. The van der Waals surface area contributed by atoms with Gasteiger partial charge in [0.1, 0.15) is 11.6 Å². The quantitative estimate of drug-likeness (QED) is 0.352. The summed E-state index contributed by atoms with van der Waals surface area (Å²) in [7, 11) is 0. The number of rotatable bonds is 5. The molecule has 1 atom stereocenters. The number of hydrogen-bond donors (Lipinski definition) is 4. The monoisotopic (exact) mass is 438 g/mol. The van der Waals surface area contributed by atoms with Gasteiger partial charge in [-0.05, 0) is 36.4 Å². The molecule has 11 nitrogen and oxygen atoms in total. The number of hydrogen-bond acceptors (Lipinski definition) is 7. The maximum Gasteiger partial charge on any atom is 0.269 e. The van der Waals surface area contributed by atoms with Crippen LogP contribution in [-0.2, 0) is 9.59 Å². The van der Waals surface area contributed by atoms with Gasteiger partial charge in [0.15, 0.2) is 0 Å². The Morgan fingerprint density at radius 2 is 1.75 bits per heavy atom. The highest BCUT2D eigenvalue weighted by molar-refractivity contribution is 6.04. The molecule has 0 aliphatic carbocycles. The molecular formula is C20H15FN6O5. The second-order valence-corrected chi connectivity index (χ2v) is 6.91. The molecule has 1 aliphatic rings. The van der Waals surface area contributed by atoms with Crippen LogP contribution in [0.5, 0.6) is 0 Å². The van der Waals surface area contributed by atoms with Crippen molar-refractivity contribution in [1.29, 1.82) is 0 Å². The number of carbonyl (C=O) groups is 2. The van der Waals surface area contributed by atoms with E-state index in [1.165, 1.54) is 48.5 Å². The van der Waals surface area contributed by atoms with Crippen LogP contribution in [-0.4, -0.2) is 26.7 Å². The first kappa shape index (κ1) is 20.7. The van der Waals surface area contributed by atoms with Crippen LogP contribution < -0.4 is 21.5 Å². The molecule has 4 N–H and O–H groups in total. The van der Waals surface area contributed by atoms with Gasteiger partial charge in [0.25, 0.3) is 11.2 Å². The zero-order chi connectivity index (χ0) is 22.8. The van der Waals surface area contributed by atoms with Gasteiger partial charge >= 0.3 is 0 Å². The van der Waals surface area contributed by atoms with Crippen molar-refractivity contribution in [3.05, 3.63) is 80.4 Å². The number of H-pyrrole nitrogens is 1. The third-order valence-corrected chi connectivity index (χ3v) is 4.72. The Morgan fingerprint density at radius 1 is 1.09 bits per heavy atom. The number of fused-ring (bicyclic) bond motifs is 1. The fourth-order valence-corrected chi connectivity index (χ4v) is 3.22. The second kappa shape index (κ2) is 8.26. The Bertz CT molecular complexity index is 1270. The maximum atomic E-state index is 13.1. The van der Waals surface area contributed by atoms with Gasteiger partial charge in [-0.1, -0.05) is 0 Å². The van der Waals surface area contributed by atoms with Crippen LogP contribution in [0, 0.1) is 15.9 Å². The second-order valence-electron chi connectivity index (χ2n) is 6.91. The number of amides is 2.